The third-order valence-corrected chi connectivity index (χ3v) is 2.42. The maximum Gasteiger partial charge on any atom is 0.251 e. The van der Waals surface area contributed by atoms with E-state index in [2.05, 4.69) is 15.3 Å². The predicted octanol–water partition coefficient (Wildman–Crippen LogP) is 1.33. The summed E-state index contributed by atoms with van der Waals surface area (Å²) in [4.78, 5) is 18.9. The maximum atomic E-state index is 11.8. The van der Waals surface area contributed by atoms with Crippen molar-refractivity contribution in [3.05, 3.63) is 30.1 Å². The minimum atomic E-state index is -0.102. The molecule has 2 aromatic rings. The molecule has 0 radical (unpaired) electrons. The van der Waals surface area contributed by atoms with Gasteiger partial charge in [0, 0.05) is 18.7 Å². The number of imidazole rings is 1. The molecule has 5 heteroatoms. The zero-order chi connectivity index (χ0) is 12.1. The van der Waals surface area contributed by atoms with Crippen LogP contribution in [0.4, 0.5) is 0 Å². The molecule has 0 fully saturated rings. The number of hydrogen-bond donors (Lipinski definition) is 2. The van der Waals surface area contributed by atoms with Gasteiger partial charge in [-0.3, -0.25) is 4.79 Å². The number of H-pyrrole nitrogens is 1. The lowest BCUT2D eigenvalue weighted by atomic mass is 10.2. The molecule has 17 heavy (non-hydrogen) atoms. The van der Waals surface area contributed by atoms with Crippen LogP contribution in [0.2, 0.25) is 0 Å². The zero-order valence-electron chi connectivity index (χ0n) is 9.69. The van der Waals surface area contributed by atoms with Crippen molar-refractivity contribution in [1.29, 1.82) is 0 Å². The molecule has 5 nitrogen and oxygen atoms in total. The average Bonchev–Trinajstić information content (AvgIpc) is 2.81. The summed E-state index contributed by atoms with van der Waals surface area (Å²) in [6, 6.07) is 5.39. The first kappa shape index (κ1) is 11.6. The summed E-state index contributed by atoms with van der Waals surface area (Å²) in [6.07, 6.45) is 1.61. The first-order valence-electron chi connectivity index (χ1n) is 5.60. The van der Waals surface area contributed by atoms with Gasteiger partial charge in [0.05, 0.1) is 24.0 Å². The Morgan fingerprint density at radius 1 is 1.53 bits per heavy atom. The molecule has 1 aromatic carbocycles. The summed E-state index contributed by atoms with van der Waals surface area (Å²) in [7, 11) is 0. The minimum Gasteiger partial charge on any atom is -0.380 e. The van der Waals surface area contributed by atoms with Crippen molar-refractivity contribution in [3.63, 3.8) is 0 Å². The Morgan fingerprint density at radius 3 is 3.24 bits per heavy atom. The predicted molar refractivity (Wildman–Crippen MR) is 64.9 cm³/mol. The molecule has 2 rings (SSSR count). The molecule has 0 saturated carbocycles. The number of nitrogens with zero attached hydrogens (tertiary/aromatic N) is 1. The SMILES string of the molecule is CCOCCNC(=O)c1ccc2[nH]cnc2c1. The number of benzene rings is 1. The van der Waals surface area contributed by atoms with Crippen molar-refractivity contribution in [3.8, 4) is 0 Å². The third kappa shape index (κ3) is 2.82. The third-order valence-electron chi connectivity index (χ3n) is 2.42. The van der Waals surface area contributed by atoms with Crippen molar-refractivity contribution < 1.29 is 9.53 Å². The number of aromatic amines is 1. The molecule has 0 atom stereocenters. The summed E-state index contributed by atoms with van der Waals surface area (Å²) in [5, 5.41) is 2.79. The fourth-order valence-corrected chi connectivity index (χ4v) is 1.56. The highest BCUT2D eigenvalue weighted by molar-refractivity contribution is 5.97. The number of hydrogen-bond acceptors (Lipinski definition) is 3. The van der Waals surface area contributed by atoms with Gasteiger partial charge >= 0.3 is 0 Å². The average molecular weight is 233 g/mol. The number of rotatable bonds is 5. The molecule has 1 amide bonds. The number of amides is 1. The van der Waals surface area contributed by atoms with E-state index < -0.39 is 0 Å². The van der Waals surface area contributed by atoms with Gasteiger partial charge in [-0.1, -0.05) is 0 Å². The molecule has 0 saturated heterocycles. The van der Waals surface area contributed by atoms with Gasteiger partial charge in [-0.15, -0.1) is 0 Å². The van der Waals surface area contributed by atoms with Crippen LogP contribution in [0.5, 0.6) is 0 Å². The van der Waals surface area contributed by atoms with Crippen LogP contribution in [0.1, 0.15) is 17.3 Å². The summed E-state index contributed by atoms with van der Waals surface area (Å²) in [6.45, 7) is 3.64. The van der Waals surface area contributed by atoms with Gasteiger partial charge in [0.1, 0.15) is 0 Å². The molecular weight excluding hydrogens is 218 g/mol. The van der Waals surface area contributed by atoms with E-state index in [4.69, 9.17) is 4.74 Å². The lowest BCUT2D eigenvalue weighted by Crippen LogP contribution is -2.27. The van der Waals surface area contributed by atoms with Crippen molar-refractivity contribution >= 4 is 16.9 Å². The largest absolute Gasteiger partial charge is 0.380 e. The summed E-state index contributed by atoms with van der Waals surface area (Å²) >= 11 is 0. The molecule has 0 bridgehead atoms. The number of ether oxygens (including phenoxy) is 1. The number of carbonyl (C=O) groups excluding carboxylic acids is 1. The second-order valence-corrected chi connectivity index (χ2v) is 3.59. The monoisotopic (exact) mass is 233 g/mol. The minimum absolute atomic E-state index is 0.102. The topological polar surface area (TPSA) is 67.0 Å². The summed E-state index contributed by atoms with van der Waals surface area (Å²) in [5.74, 6) is -0.102. The summed E-state index contributed by atoms with van der Waals surface area (Å²) in [5.41, 5.74) is 2.33. The maximum absolute atomic E-state index is 11.8. The van der Waals surface area contributed by atoms with Crippen molar-refractivity contribution in [2.24, 2.45) is 0 Å². The van der Waals surface area contributed by atoms with Crippen LogP contribution >= 0.6 is 0 Å². The van der Waals surface area contributed by atoms with Gasteiger partial charge in [0.2, 0.25) is 0 Å². The smallest absolute Gasteiger partial charge is 0.251 e. The van der Waals surface area contributed by atoms with Gasteiger partial charge in [0.15, 0.2) is 0 Å². The zero-order valence-corrected chi connectivity index (χ0v) is 9.69. The highest BCUT2D eigenvalue weighted by atomic mass is 16.5. The van der Waals surface area contributed by atoms with Crippen LogP contribution in [-0.2, 0) is 4.74 Å². The second-order valence-electron chi connectivity index (χ2n) is 3.59. The molecule has 1 heterocycles. The van der Waals surface area contributed by atoms with E-state index in [0.29, 0.717) is 25.3 Å². The highest BCUT2D eigenvalue weighted by Gasteiger charge is 2.06. The molecular formula is C12H15N3O2. The van der Waals surface area contributed by atoms with Gasteiger partial charge in [0.25, 0.3) is 5.91 Å². The van der Waals surface area contributed by atoms with E-state index in [1.54, 1.807) is 18.5 Å². The van der Waals surface area contributed by atoms with Crippen molar-refractivity contribution in [2.45, 2.75) is 6.92 Å². The van der Waals surface area contributed by atoms with Gasteiger partial charge in [-0.25, -0.2) is 4.98 Å². The Morgan fingerprint density at radius 2 is 2.41 bits per heavy atom. The Labute approximate surface area is 99.2 Å². The Balaban J connectivity index is 1.98. The lowest BCUT2D eigenvalue weighted by Gasteiger charge is -2.05. The first-order valence-corrected chi connectivity index (χ1v) is 5.60. The quantitative estimate of drug-likeness (QED) is 0.765. The number of aromatic nitrogens is 2. The standard InChI is InChI=1S/C12H15N3O2/c1-2-17-6-5-13-12(16)9-3-4-10-11(7-9)15-8-14-10/h3-4,7-8H,2,5-6H2,1H3,(H,13,16)(H,14,15). The van der Waals surface area contributed by atoms with Crippen LogP contribution in [-0.4, -0.2) is 35.6 Å². The molecule has 90 valence electrons. The normalized spacial score (nSPS) is 10.6. The fraction of sp³-hybridized carbons (Fsp3) is 0.333. The van der Waals surface area contributed by atoms with E-state index in [1.807, 2.05) is 13.0 Å². The lowest BCUT2D eigenvalue weighted by molar-refractivity contribution is 0.0922. The number of nitrogens with one attached hydrogen (secondary N) is 2. The highest BCUT2D eigenvalue weighted by Crippen LogP contribution is 2.11. The molecule has 0 aliphatic carbocycles. The van der Waals surface area contributed by atoms with Crippen LogP contribution in [0.25, 0.3) is 11.0 Å². The van der Waals surface area contributed by atoms with E-state index >= 15 is 0 Å². The second kappa shape index (κ2) is 5.45. The number of carbonyl (C=O) groups is 1. The fourth-order valence-electron chi connectivity index (χ4n) is 1.56. The van der Waals surface area contributed by atoms with Crippen LogP contribution in [0.3, 0.4) is 0 Å². The van der Waals surface area contributed by atoms with Crippen molar-refractivity contribution in [2.75, 3.05) is 19.8 Å². The first-order chi connectivity index (χ1) is 8.31. The Hall–Kier alpha value is -1.88. The van der Waals surface area contributed by atoms with E-state index in [9.17, 15) is 4.79 Å². The Kier molecular flexibility index (Phi) is 3.72. The van der Waals surface area contributed by atoms with E-state index in [0.717, 1.165) is 11.0 Å². The van der Waals surface area contributed by atoms with Gasteiger partial charge in [-0.05, 0) is 25.1 Å². The molecule has 0 aliphatic rings. The molecule has 0 aliphatic heterocycles. The van der Waals surface area contributed by atoms with Gasteiger partial charge < -0.3 is 15.0 Å². The summed E-state index contributed by atoms with van der Waals surface area (Å²) < 4.78 is 5.15. The van der Waals surface area contributed by atoms with Crippen molar-refractivity contribution in [1.82, 2.24) is 15.3 Å². The van der Waals surface area contributed by atoms with Crippen LogP contribution in [0.15, 0.2) is 24.5 Å². The molecule has 0 spiro atoms. The van der Waals surface area contributed by atoms with Gasteiger partial charge in [-0.2, -0.15) is 0 Å². The van der Waals surface area contributed by atoms with Crippen LogP contribution in [0, 0.1) is 0 Å². The number of fused-ring (bicyclic) bond motifs is 1. The van der Waals surface area contributed by atoms with E-state index in [-0.39, 0.29) is 5.91 Å². The van der Waals surface area contributed by atoms with Crippen LogP contribution < -0.4 is 5.32 Å². The molecule has 0 unspecified atom stereocenters. The Bertz CT molecular complexity index is 507. The van der Waals surface area contributed by atoms with E-state index in [1.165, 1.54) is 0 Å². The molecule has 1 aromatic heterocycles. The molecule has 2 N–H and O–H groups in total.